The Kier molecular flexibility index (Phi) is 5.95. The number of carbonyl (C=O) groups is 2. The summed E-state index contributed by atoms with van der Waals surface area (Å²) in [6.45, 7) is 0.774. The van der Waals surface area contributed by atoms with Crippen molar-refractivity contribution in [1.29, 1.82) is 0 Å². The third-order valence-electron chi connectivity index (χ3n) is 4.34. The van der Waals surface area contributed by atoms with E-state index in [-0.39, 0.29) is 5.91 Å². The molecule has 1 aliphatic carbocycles. The zero-order valence-corrected chi connectivity index (χ0v) is 13.2. The second kappa shape index (κ2) is 7.94. The molecule has 0 heterocycles. The number of hydrogen-bond donors (Lipinski definition) is 2. The van der Waals surface area contributed by atoms with E-state index in [4.69, 9.17) is 5.73 Å². The molecule has 120 valence electrons. The maximum absolute atomic E-state index is 12.0. The van der Waals surface area contributed by atoms with Gasteiger partial charge in [-0.2, -0.15) is 0 Å². The van der Waals surface area contributed by atoms with Gasteiger partial charge in [-0.15, -0.1) is 0 Å². The Balaban J connectivity index is 1.76. The highest BCUT2D eigenvalue weighted by molar-refractivity contribution is 5.94. The summed E-state index contributed by atoms with van der Waals surface area (Å²) < 4.78 is 0. The summed E-state index contributed by atoms with van der Waals surface area (Å²) in [5, 5.41) is 2.85. The van der Waals surface area contributed by atoms with E-state index in [2.05, 4.69) is 17.3 Å². The second-order valence-electron chi connectivity index (χ2n) is 6.01. The van der Waals surface area contributed by atoms with Crippen LogP contribution >= 0.6 is 0 Å². The minimum atomic E-state index is -0.466. The lowest BCUT2D eigenvalue weighted by Gasteiger charge is -2.30. The van der Waals surface area contributed by atoms with E-state index in [9.17, 15) is 9.59 Å². The Morgan fingerprint density at radius 1 is 1.18 bits per heavy atom. The highest BCUT2D eigenvalue weighted by atomic mass is 16.2. The Bertz CT molecular complexity index is 507. The average Bonchev–Trinajstić information content (AvgIpc) is 2.54. The molecule has 0 atom stereocenters. The summed E-state index contributed by atoms with van der Waals surface area (Å²) in [7, 11) is 2.10. The number of nitrogens with zero attached hydrogens (tertiary/aromatic N) is 1. The molecular formula is C17H25N3O2. The molecule has 0 saturated heterocycles. The van der Waals surface area contributed by atoms with Gasteiger partial charge in [0.15, 0.2) is 0 Å². The van der Waals surface area contributed by atoms with Crippen molar-refractivity contribution in [3.8, 4) is 0 Å². The first kappa shape index (κ1) is 16.5. The number of nitrogens with one attached hydrogen (secondary N) is 1. The fourth-order valence-electron chi connectivity index (χ4n) is 2.92. The maximum atomic E-state index is 12.0. The molecule has 1 aliphatic rings. The Labute approximate surface area is 131 Å². The molecule has 0 spiro atoms. The smallest absolute Gasteiger partial charge is 0.248 e. The Morgan fingerprint density at radius 2 is 1.82 bits per heavy atom. The van der Waals surface area contributed by atoms with Gasteiger partial charge in [0.25, 0.3) is 0 Å². The number of hydrogen-bond acceptors (Lipinski definition) is 3. The van der Waals surface area contributed by atoms with E-state index >= 15 is 0 Å². The van der Waals surface area contributed by atoms with E-state index < -0.39 is 5.91 Å². The molecule has 0 unspecified atom stereocenters. The van der Waals surface area contributed by atoms with Crippen LogP contribution in [0.3, 0.4) is 0 Å². The van der Waals surface area contributed by atoms with Crippen LogP contribution in [0.4, 0.5) is 5.69 Å². The van der Waals surface area contributed by atoms with Gasteiger partial charge in [0.2, 0.25) is 11.8 Å². The largest absolute Gasteiger partial charge is 0.366 e. The van der Waals surface area contributed by atoms with Gasteiger partial charge in [-0.1, -0.05) is 19.3 Å². The van der Waals surface area contributed by atoms with Gasteiger partial charge < -0.3 is 16.0 Å². The van der Waals surface area contributed by atoms with Crippen LogP contribution in [0.25, 0.3) is 0 Å². The van der Waals surface area contributed by atoms with Crippen molar-refractivity contribution in [3.05, 3.63) is 29.8 Å². The molecule has 1 fully saturated rings. The van der Waals surface area contributed by atoms with Crippen molar-refractivity contribution in [3.63, 3.8) is 0 Å². The molecule has 5 nitrogen and oxygen atoms in total. The van der Waals surface area contributed by atoms with Crippen LogP contribution in [0, 0.1) is 0 Å². The van der Waals surface area contributed by atoms with Gasteiger partial charge in [0, 0.05) is 30.3 Å². The number of carbonyl (C=O) groups excluding carboxylic acids is 2. The summed E-state index contributed by atoms with van der Waals surface area (Å²) >= 11 is 0. The minimum Gasteiger partial charge on any atom is -0.366 e. The molecule has 0 aliphatic heterocycles. The number of anilines is 1. The molecule has 1 saturated carbocycles. The summed E-state index contributed by atoms with van der Waals surface area (Å²) in [6, 6.07) is 7.25. The first-order valence-corrected chi connectivity index (χ1v) is 7.96. The van der Waals surface area contributed by atoms with Crippen molar-refractivity contribution in [2.75, 3.05) is 18.9 Å². The van der Waals surface area contributed by atoms with Crippen molar-refractivity contribution in [1.82, 2.24) is 4.90 Å². The van der Waals surface area contributed by atoms with Gasteiger partial charge in [0.05, 0.1) is 0 Å². The third-order valence-corrected chi connectivity index (χ3v) is 4.34. The number of amides is 2. The van der Waals surface area contributed by atoms with Crippen molar-refractivity contribution in [2.24, 2.45) is 5.73 Å². The van der Waals surface area contributed by atoms with Crippen molar-refractivity contribution >= 4 is 17.5 Å². The standard InChI is InChI=1S/C17H25N3O2/c1-20(15-5-3-2-4-6-15)12-11-16(21)19-14-9-7-13(8-10-14)17(18)22/h7-10,15H,2-6,11-12H2,1H3,(H2,18,22)(H,19,21). The number of primary amides is 1. The molecular weight excluding hydrogens is 278 g/mol. The Morgan fingerprint density at radius 3 is 2.41 bits per heavy atom. The molecule has 2 amide bonds. The summed E-state index contributed by atoms with van der Waals surface area (Å²) in [5.41, 5.74) is 6.32. The van der Waals surface area contributed by atoms with E-state index in [1.54, 1.807) is 24.3 Å². The third kappa shape index (κ3) is 4.84. The fourth-order valence-corrected chi connectivity index (χ4v) is 2.92. The normalized spacial score (nSPS) is 15.7. The van der Waals surface area contributed by atoms with E-state index in [0.29, 0.717) is 23.7 Å². The predicted octanol–water partition coefficient (Wildman–Crippen LogP) is 2.38. The second-order valence-corrected chi connectivity index (χ2v) is 6.01. The molecule has 1 aromatic carbocycles. The minimum absolute atomic E-state index is 0.00511. The molecule has 0 aromatic heterocycles. The molecule has 22 heavy (non-hydrogen) atoms. The highest BCUT2D eigenvalue weighted by Gasteiger charge is 2.18. The number of rotatable bonds is 6. The van der Waals surface area contributed by atoms with Crippen molar-refractivity contribution < 1.29 is 9.59 Å². The lowest BCUT2D eigenvalue weighted by molar-refractivity contribution is -0.116. The number of benzene rings is 1. The van der Waals surface area contributed by atoms with Gasteiger partial charge >= 0.3 is 0 Å². The molecule has 1 aromatic rings. The molecule has 0 radical (unpaired) electrons. The molecule has 0 bridgehead atoms. The first-order chi connectivity index (χ1) is 10.6. The van der Waals surface area contributed by atoms with Gasteiger partial charge in [-0.05, 0) is 44.2 Å². The van der Waals surface area contributed by atoms with Crippen LogP contribution in [-0.2, 0) is 4.79 Å². The summed E-state index contributed by atoms with van der Waals surface area (Å²) in [4.78, 5) is 25.3. The predicted molar refractivity (Wildman–Crippen MR) is 87.7 cm³/mol. The monoisotopic (exact) mass is 303 g/mol. The SMILES string of the molecule is CN(CCC(=O)Nc1ccc(C(N)=O)cc1)C1CCCCC1. The lowest BCUT2D eigenvalue weighted by atomic mass is 9.94. The summed E-state index contributed by atoms with van der Waals surface area (Å²) in [6.07, 6.45) is 6.90. The maximum Gasteiger partial charge on any atom is 0.248 e. The lowest BCUT2D eigenvalue weighted by Crippen LogP contribution is -2.35. The van der Waals surface area contributed by atoms with E-state index in [0.717, 1.165) is 6.54 Å². The first-order valence-electron chi connectivity index (χ1n) is 7.96. The molecule has 5 heteroatoms. The van der Waals surface area contributed by atoms with Gasteiger partial charge in [-0.25, -0.2) is 0 Å². The fraction of sp³-hybridized carbons (Fsp3) is 0.529. The average molecular weight is 303 g/mol. The quantitative estimate of drug-likeness (QED) is 0.847. The van der Waals surface area contributed by atoms with Crippen molar-refractivity contribution in [2.45, 2.75) is 44.6 Å². The zero-order chi connectivity index (χ0) is 15.9. The van der Waals surface area contributed by atoms with Crippen LogP contribution in [0.5, 0.6) is 0 Å². The van der Waals surface area contributed by atoms with E-state index in [1.807, 2.05) is 0 Å². The highest BCUT2D eigenvalue weighted by Crippen LogP contribution is 2.21. The topological polar surface area (TPSA) is 75.4 Å². The van der Waals surface area contributed by atoms with Crippen LogP contribution in [-0.4, -0.2) is 36.3 Å². The van der Waals surface area contributed by atoms with Gasteiger partial charge in [-0.3, -0.25) is 9.59 Å². The van der Waals surface area contributed by atoms with Gasteiger partial charge in [0.1, 0.15) is 0 Å². The number of nitrogens with two attached hydrogens (primary N) is 1. The summed E-state index contributed by atoms with van der Waals surface area (Å²) in [5.74, 6) is -0.471. The van der Waals surface area contributed by atoms with Crippen LogP contribution in [0.1, 0.15) is 48.9 Å². The molecule has 2 rings (SSSR count). The van der Waals surface area contributed by atoms with Crippen LogP contribution < -0.4 is 11.1 Å². The zero-order valence-electron chi connectivity index (χ0n) is 13.2. The van der Waals surface area contributed by atoms with E-state index in [1.165, 1.54) is 32.1 Å². The Hall–Kier alpha value is -1.88. The van der Waals surface area contributed by atoms with Crippen LogP contribution in [0.15, 0.2) is 24.3 Å². The van der Waals surface area contributed by atoms with Crippen LogP contribution in [0.2, 0.25) is 0 Å². The molecule has 3 N–H and O–H groups in total.